The van der Waals surface area contributed by atoms with Crippen LogP contribution in [0.5, 0.6) is 0 Å². The van der Waals surface area contributed by atoms with Crippen LogP contribution in [0, 0.1) is 5.41 Å². The standard InChI is InChI=1S/C14H27N3O4/c1-4-5-6-7-14(2,3)9-16-13(21)17-10(12(19)20)8-11(15)18/h10H,4-9H2,1-3H3,(H2,15,18)(H,19,20)(H2,16,17,21)/t10-/m1/s1. The number of hydrogen-bond acceptors (Lipinski definition) is 3. The molecule has 0 aliphatic heterocycles. The molecule has 0 aliphatic carbocycles. The van der Waals surface area contributed by atoms with Crippen molar-refractivity contribution in [2.45, 2.75) is 58.9 Å². The number of primary amides is 1. The minimum Gasteiger partial charge on any atom is -0.480 e. The van der Waals surface area contributed by atoms with E-state index in [0.717, 1.165) is 25.7 Å². The van der Waals surface area contributed by atoms with Gasteiger partial charge >= 0.3 is 12.0 Å². The molecule has 7 nitrogen and oxygen atoms in total. The van der Waals surface area contributed by atoms with Crippen molar-refractivity contribution in [1.82, 2.24) is 10.6 Å². The Morgan fingerprint density at radius 2 is 1.86 bits per heavy atom. The Hall–Kier alpha value is -1.79. The second kappa shape index (κ2) is 9.20. The molecule has 7 heteroatoms. The third-order valence-corrected chi connectivity index (χ3v) is 3.19. The Balaban J connectivity index is 4.22. The lowest BCUT2D eigenvalue weighted by atomic mass is 9.87. The van der Waals surface area contributed by atoms with Crippen molar-refractivity contribution < 1.29 is 19.5 Å². The Labute approximate surface area is 125 Å². The summed E-state index contributed by atoms with van der Waals surface area (Å²) in [6.45, 7) is 6.65. The summed E-state index contributed by atoms with van der Waals surface area (Å²) in [5.41, 5.74) is 4.88. The van der Waals surface area contributed by atoms with Gasteiger partial charge in [-0.05, 0) is 11.8 Å². The zero-order valence-electron chi connectivity index (χ0n) is 13.1. The van der Waals surface area contributed by atoms with Gasteiger partial charge < -0.3 is 21.5 Å². The van der Waals surface area contributed by atoms with Crippen LogP contribution >= 0.6 is 0 Å². The summed E-state index contributed by atoms with van der Waals surface area (Å²) < 4.78 is 0. The number of nitrogens with two attached hydrogens (primary N) is 1. The molecule has 0 heterocycles. The molecule has 0 saturated heterocycles. The topological polar surface area (TPSA) is 122 Å². The Morgan fingerprint density at radius 1 is 1.24 bits per heavy atom. The first-order valence-electron chi connectivity index (χ1n) is 7.23. The minimum absolute atomic E-state index is 0.0606. The van der Waals surface area contributed by atoms with E-state index in [1.54, 1.807) is 0 Å². The maximum absolute atomic E-state index is 11.7. The summed E-state index contributed by atoms with van der Waals surface area (Å²) in [6.07, 6.45) is 3.92. The number of carboxylic acids is 1. The van der Waals surface area contributed by atoms with Gasteiger partial charge in [-0.25, -0.2) is 9.59 Å². The van der Waals surface area contributed by atoms with Crippen LogP contribution < -0.4 is 16.4 Å². The molecule has 0 saturated carbocycles. The van der Waals surface area contributed by atoms with Crippen LogP contribution in [-0.2, 0) is 9.59 Å². The normalized spacial score (nSPS) is 12.5. The molecule has 5 N–H and O–H groups in total. The van der Waals surface area contributed by atoms with E-state index in [-0.39, 0.29) is 5.41 Å². The van der Waals surface area contributed by atoms with Gasteiger partial charge in [0.1, 0.15) is 6.04 Å². The van der Waals surface area contributed by atoms with Crippen molar-refractivity contribution in [2.24, 2.45) is 11.1 Å². The van der Waals surface area contributed by atoms with Gasteiger partial charge in [0.05, 0.1) is 6.42 Å². The lowest BCUT2D eigenvalue weighted by Crippen LogP contribution is -2.49. The van der Waals surface area contributed by atoms with Crippen LogP contribution in [0.1, 0.15) is 52.9 Å². The predicted molar refractivity (Wildman–Crippen MR) is 79.7 cm³/mol. The average molecular weight is 301 g/mol. The molecule has 0 unspecified atom stereocenters. The van der Waals surface area contributed by atoms with Gasteiger partial charge in [0.15, 0.2) is 0 Å². The van der Waals surface area contributed by atoms with Crippen molar-refractivity contribution in [3.8, 4) is 0 Å². The number of hydrogen-bond donors (Lipinski definition) is 4. The van der Waals surface area contributed by atoms with Crippen LogP contribution in [0.2, 0.25) is 0 Å². The van der Waals surface area contributed by atoms with Gasteiger partial charge in [0.2, 0.25) is 5.91 Å². The van der Waals surface area contributed by atoms with Gasteiger partial charge in [-0.1, -0.05) is 40.0 Å². The van der Waals surface area contributed by atoms with Crippen molar-refractivity contribution in [2.75, 3.05) is 6.54 Å². The predicted octanol–water partition coefficient (Wildman–Crippen LogP) is 1.22. The van der Waals surface area contributed by atoms with Crippen LogP contribution in [-0.4, -0.2) is 35.6 Å². The van der Waals surface area contributed by atoms with Gasteiger partial charge in [-0.3, -0.25) is 4.79 Å². The molecule has 122 valence electrons. The van der Waals surface area contributed by atoms with E-state index < -0.39 is 30.4 Å². The molecule has 0 radical (unpaired) electrons. The minimum atomic E-state index is -1.30. The van der Waals surface area contributed by atoms with Crippen molar-refractivity contribution >= 4 is 17.9 Å². The number of nitrogens with one attached hydrogen (secondary N) is 2. The van der Waals surface area contributed by atoms with Gasteiger partial charge in [-0.15, -0.1) is 0 Å². The molecule has 0 fully saturated rings. The van der Waals surface area contributed by atoms with Gasteiger partial charge in [0, 0.05) is 6.54 Å². The van der Waals surface area contributed by atoms with Gasteiger partial charge in [0.25, 0.3) is 0 Å². The first-order valence-corrected chi connectivity index (χ1v) is 7.23. The number of unbranched alkanes of at least 4 members (excludes halogenated alkanes) is 2. The smallest absolute Gasteiger partial charge is 0.326 e. The molecule has 0 aromatic rings. The summed E-state index contributed by atoms with van der Waals surface area (Å²) in [7, 11) is 0. The number of urea groups is 1. The average Bonchev–Trinajstić information content (AvgIpc) is 2.35. The molecule has 0 spiro atoms. The largest absolute Gasteiger partial charge is 0.480 e. The highest BCUT2D eigenvalue weighted by molar-refractivity contribution is 5.87. The van der Waals surface area contributed by atoms with E-state index in [1.165, 1.54) is 0 Å². The Kier molecular flexibility index (Phi) is 8.42. The summed E-state index contributed by atoms with van der Waals surface area (Å²) in [5.74, 6) is -2.06. The third kappa shape index (κ3) is 9.70. The first-order chi connectivity index (χ1) is 9.68. The molecule has 3 amide bonds. The van der Waals surface area contributed by atoms with E-state index in [2.05, 4.69) is 17.6 Å². The molecular formula is C14H27N3O4. The van der Waals surface area contributed by atoms with E-state index >= 15 is 0 Å². The zero-order chi connectivity index (χ0) is 16.5. The fourth-order valence-corrected chi connectivity index (χ4v) is 1.87. The first kappa shape index (κ1) is 19.2. The zero-order valence-corrected chi connectivity index (χ0v) is 13.1. The number of aliphatic carboxylic acids is 1. The molecule has 0 rings (SSSR count). The number of amides is 3. The van der Waals surface area contributed by atoms with Crippen molar-refractivity contribution in [3.63, 3.8) is 0 Å². The van der Waals surface area contributed by atoms with Crippen LogP contribution in [0.4, 0.5) is 4.79 Å². The highest BCUT2D eigenvalue weighted by Crippen LogP contribution is 2.22. The molecule has 21 heavy (non-hydrogen) atoms. The van der Waals surface area contributed by atoms with Crippen LogP contribution in [0.15, 0.2) is 0 Å². The Bertz CT molecular complexity index is 369. The van der Waals surface area contributed by atoms with Gasteiger partial charge in [-0.2, -0.15) is 0 Å². The molecule has 0 aromatic carbocycles. The van der Waals surface area contributed by atoms with E-state index in [0.29, 0.717) is 6.54 Å². The number of carbonyl (C=O) groups is 3. The van der Waals surface area contributed by atoms with Crippen LogP contribution in [0.25, 0.3) is 0 Å². The molecule has 0 bridgehead atoms. The summed E-state index contributed by atoms with van der Waals surface area (Å²) in [4.78, 5) is 33.3. The maximum Gasteiger partial charge on any atom is 0.326 e. The highest BCUT2D eigenvalue weighted by Gasteiger charge is 2.23. The molecular weight excluding hydrogens is 274 g/mol. The number of rotatable bonds is 10. The van der Waals surface area contributed by atoms with Crippen molar-refractivity contribution in [3.05, 3.63) is 0 Å². The lowest BCUT2D eigenvalue weighted by Gasteiger charge is -2.25. The second-order valence-electron chi connectivity index (χ2n) is 6.01. The van der Waals surface area contributed by atoms with E-state index in [1.807, 2.05) is 13.8 Å². The molecule has 0 aliphatic rings. The summed E-state index contributed by atoms with van der Waals surface area (Å²) >= 11 is 0. The van der Waals surface area contributed by atoms with Crippen LogP contribution in [0.3, 0.4) is 0 Å². The Morgan fingerprint density at radius 3 is 2.33 bits per heavy atom. The lowest BCUT2D eigenvalue weighted by molar-refractivity contribution is -0.140. The number of carbonyl (C=O) groups excluding carboxylic acids is 2. The van der Waals surface area contributed by atoms with Crippen molar-refractivity contribution in [1.29, 1.82) is 0 Å². The van der Waals surface area contributed by atoms with E-state index in [4.69, 9.17) is 10.8 Å². The number of carboxylic acid groups (broad SMARTS) is 1. The molecule has 0 aromatic heterocycles. The monoisotopic (exact) mass is 301 g/mol. The fraction of sp³-hybridized carbons (Fsp3) is 0.786. The quantitative estimate of drug-likeness (QED) is 0.453. The fourth-order valence-electron chi connectivity index (χ4n) is 1.87. The second-order valence-corrected chi connectivity index (χ2v) is 6.01. The SMILES string of the molecule is CCCCCC(C)(C)CNC(=O)N[C@H](CC(N)=O)C(=O)O. The summed E-state index contributed by atoms with van der Waals surface area (Å²) in [5, 5.41) is 13.8. The molecule has 1 atom stereocenters. The summed E-state index contributed by atoms with van der Waals surface area (Å²) in [6, 6.07) is -1.90. The maximum atomic E-state index is 11.7. The highest BCUT2D eigenvalue weighted by atomic mass is 16.4. The van der Waals surface area contributed by atoms with E-state index in [9.17, 15) is 14.4 Å². The third-order valence-electron chi connectivity index (χ3n) is 3.19.